The smallest absolute Gasteiger partial charge is 0.242 e. The molecule has 0 rings (SSSR count). The summed E-state index contributed by atoms with van der Waals surface area (Å²) < 4.78 is 0. The highest BCUT2D eigenvalue weighted by molar-refractivity contribution is 5.83. The molecule has 0 saturated carbocycles. The summed E-state index contributed by atoms with van der Waals surface area (Å²) in [5.74, 6) is -0.226. The molecule has 0 aliphatic rings. The molecule has 0 saturated heterocycles. The van der Waals surface area contributed by atoms with Crippen LogP contribution in [0.1, 0.15) is 39.5 Å². The Morgan fingerprint density at radius 1 is 1.22 bits per heavy atom. The van der Waals surface area contributed by atoms with E-state index in [2.05, 4.69) is 16.0 Å². The van der Waals surface area contributed by atoms with Crippen LogP contribution in [0.25, 0.3) is 0 Å². The van der Waals surface area contributed by atoms with Gasteiger partial charge in [0.15, 0.2) is 0 Å². The molecule has 0 aliphatic carbocycles. The predicted molar refractivity (Wildman–Crippen MR) is 68.8 cm³/mol. The molecule has 3 N–H and O–H groups in total. The van der Waals surface area contributed by atoms with Crippen LogP contribution in [0.15, 0.2) is 0 Å². The Hall–Kier alpha value is -1.59. The molecule has 3 amide bonds. The van der Waals surface area contributed by atoms with Crippen LogP contribution in [-0.2, 0) is 14.4 Å². The van der Waals surface area contributed by atoms with Gasteiger partial charge in [-0.25, -0.2) is 0 Å². The lowest BCUT2D eigenvalue weighted by molar-refractivity contribution is -0.126. The van der Waals surface area contributed by atoms with Crippen molar-refractivity contribution in [3.05, 3.63) is 0 Å². The Labute approximate surface area is 108 Å². The average molecular weight is 257 g/mol. The molecule has 0 spiro atoms. The van der Waals surface area contributed by atoms with Gasteiger partial charge in [0.05, 0.1) is 0 Å². The minimum absolute atomic E-state index is 0.0312. The molecule has 104 valence electrons. The molecule has 1 atom stereocenters. The van der Waals surface area contributed by atoms with Crippen LogP contribution in [0.2, 0.25) is 0 Å². The van der Waals surface area contributed by atoms with E-state index in [0.717, 1.165) is 6.42 Å². The van der Waals surface area contributed by atoms with Crippen molar-refractivity contribution >= 4 is 18.2 Å². The minimum Gasteiger partial charge on any atom is -0.356 e. The van der Waals surface area contributed by atoms with Crippen molar-refractivity contribution < 1.29 is 14.4 Å². The van der Waals surface area contributed by atoms with Gasteiger partial charge in [-0.3, -0.25) is 14.4 Å². The Morgan fingerprint density at radius 2 is 1.94 bits per heavy atom. The first-order chi connectivity index (χ1) is 8.65. The standard InChI is InChI=1S/C12H23N3O3/c1-3-8-14-12(18)10(15-9-16)6-5-7-11(17)13-4-2/h9-10H,3-8H2,1-2H3,(H,13,17)(H,14,18)(H,15,16). The molecular formula is C12H23N3O3. The fraction of sp³-hybridized carbons (Fsp3) is 0.750. The Balaban J connectivity index is 3.99. The van der Waals surface area contributed by atoms with Crippen LogP contribution >= 0.6 is 0 Å². The van der Waals surface area contributed by atoms with E-state index in [4.69, 9.17) is 0 Å². The van der Waals surface area contributed by atoms with Gasteiger partial charge < -0.3 is 16.0 Å². The summed E-state index contributed by atoms with van der Waals surface area (Å²) in [7, 11) is 0. The van der Waals surface area contributed by atoms with Gasteiger partial charge in [-0.05, 0) is 26.2 Å². The summed E-state index contributed by atoms with van der Waals surface area (Å²) in [5.41, 5.74) is 0. The second-order valence-electron chi connectivity index (χ2n) is 3.97. The topological polar surface area (TPSA) is 87.3 Å². The minimum atomic E-state index is -0.552. The van der Waals surface area contributed by atoms with Gasteiger partial charge in [0.2, 0.25) is 18.2 Å². The summed E-state index contributed by atoms with van der Waals surface area (Å²) in [6.45, 7) is 5.00. The molecule has 0 aromatic heterocycles. The van der Waals surface area contributed by atoms with Crippen molar-refractivity contribution in [2.45, 2.75) is 45.6 Å². The number of carbonyl (C=O) groups is 3. The molecule has 1 unspecified atom stereocenters. The maximum Gasteiger partial charge on any atom is 0.242 e. The van der Waals surface area contributed by atoms with E-state index in [9.17, 15) is 14.4 Å². The zero-order chi connectivity index (χ0) is 13.8. The lowest BCUT2D eigenvalue weighted by Crippen LogP contribution is -2.44. The molecule has 0 radical (unpaired) electrons. The van der Waals surface area contributed by atoms with Crippen molar-refractivity contribution in [2.75, 3.05) is 13.1 Å². The second-order valence-corrected chi connectivity index (χ2v) is 3.97. The van der Waals surface area contributed by atoms with Crippen LogP contribution in [0, 0.1) is 0 Å². The summed E-state index contributed by atoms with van der Waals surface area (Å²) in [4.78, 5) is 33.3. The number of hydrogen-bond donors (Lipinski definition) is 3. The Bertz CT molecular complexity index is 269. The molecule has 0 heterocycles. The third-order valence-electron chi connectivity index (χ3n) is 2.41. The molecule has 0 aliphatic heterocycles. The second kappa shape index (κ2) is 10.6. The van der Waals surface area contributed by atoms with Crippen molar-refractivity contribution in [3.63, 3.8) is 0 Å². The normalized spacial score (nSPS) is 11.4. The predicted octanol–water partition coefficient (Wildman–Crippen LogP) is -0.0664. The lowest BCUT2D eigenvalue weighted by Gasteiger charge is -2.15. The zero-order valence-electron chi connectivity index (χ0n) is 11.1. The van der Waals surface area contributed by atoms with Crippen LogP contribution in [0.4, 0.5) is 0 Å². The molecule has 0 fully saturated rings. The zero-order valence-corrected chi connectivity index (χ0v) is 11.1. The monoisotopic (exact) mass is 257 g/mol. The highest BCUT2D eigenvalue weighted by Gasteiger charge is 2.16. The van der Waals surface area contributed by atoms with E-state index >= 15 is 0 Å². The summed E-state index contributed by atoms with van der Waals surface area (Å²) in [6, 6.07) is -0.552. The van der Waals surface area contributed by atoms with E-state index in [-0.39, 0.29) is 11.8 Å². The Kier molecular flexibility index (Phi) is 9.62. The first-order valence-electron chi connectivity index (χ1n) is 6.39. The summed E-state index contributed by atoms with van der Waals surface area (Å²) >= 11 is 0. The van der Waals surface area contributed by atoms with Gasteiger partial charge >= 0.3 is 0 Å². The quantitative estimate of drug-likeness (QED) is 0.479. The van der Waals surface area contributed by atoms with Crippen molar-refractivity contribution in [2.24, 2.45) is 0 Å². The number of rotatable bonds is 10. The van der Waals surface area contributed by atoms with Gasteiger partial charge in [-0.2, -0.15) is 0 Å². The molecule has 18 heavy (non-hydrogen) atoms. The number of hydrogen-bond acceptors (Lipinski definition) is 3. The third kappa shape index (κ3) is 7.65. The van der Waals surface area contributed by atoms with E-state index in [1.165, 1.54) is 0 Å². The highest BCUT2D eigenvalue weighted by Crippen LogP contribution is 2.01. The van der Waals surface area contributed by atoms with Gasteiger partial charge in [-0.15, -0.1) is 0 Å². The van der Waals surface area contributed by atoms with Crippen molar-refractivity contribution in [1.29, 1.82) is 0 Å². The highest BCUT2D eigenvalue weighted by atomic mass is 16.2. The number of amides is 3. The van der Waals surface area contributed by atoms with Crippen molar-refractivity contribution in [1.82, 2.24) is 16.0 Å². The fourth-order valence-electron chi connectivity index (χ4n) is 1.50. The summed E-state index contributed by atoms with van der Waals surface area (Å²) in [6.07, 6.45) is 2.76. The number of carbonyl (C=O) groups excluding carboxylic acids is 3. The van der Waals surface area contributed by atoms with E-state index in [0.29, 0.717) is 38.8 Å². The van der Waals surface area contributed by atoms with Gasteiger partial charge in [0.1, 0.15) is 6.04 Å². The largest absolute Gasteiger partial charge is 0.356 e. The van der Waals surface area contributed by atoms with Crippen molar-refractivity contribution in [3.8, 4) is 0 Å². The van der Waals surface area contributed by atoms with Gasteiger partial charge in [0, 0.05) is 19.5 Å². The molecule has 0 aromatic carbocycles. The summed E-state index contributed by atoms with van der Waals surface area (Å²) in [5, 5.41) is 7.88. The fourth-order valence-corrected chi connectivity index (χ4v) is 1.50. The first-order valence-corrected chi connectivity index (χ1v) is 6.39. The molecular weight excluding hydrogens is 234 g/mol. The molecule has 6 heteroatoms. The van der Waals surface area contributed by atoms with Crippen LogP contribution in [0.3, 0.4) is 0 Å². The first kappa shape index (κ1) is 16.4. The maximum absolute atomic E-state index is 11.7. The van der Waals surface area contributed by atoms with E-state index in [1.54, 1.807) is 0 Å². The van der Waals surface area contributed by atoms with Gasteiger partial charge in [0.25, 0.3) is 0 Å². The van der Waals surface area contributed by atoms with Crippen LogP contribution in [0.5, 0.6) is 0 Å². The van der Waals surface area contributed by atoms with Gasteiger partial charge in [-0.1, -0.05) is 6.92 Å². The molecule has 6 nitrogen and oxygen atoms in total. The molecule has 0 bridgehead atoms. The van der Waals surface area contributed by atoms with E-state index in [1.807, 2.05) is 13.8 Å². The average Bonchev–Trinajstić information content (AvgIpc) is 2.35. The third-order valence-corrected chi connectivity index (χ3v) is 2.41. The van der Waals surface area contributed by atoms with Crippen LogP contribution in [-0.4, -0.2) is 37.4 Å². The molecule has 0 aromatic rings. The Morgan fingerprint density at radius 3 is 2.50 bits per heavy atom. The lowest BCUT2D eigenvalue weighted by atomic mass is 10.1. The number of nitrogens with one attached hydrogen (secondary N) is 3. The SMILES string of the molecule is CCCNC(=O)C(CCCC(=O)NCC)NC=O. The maximum atomic E-state index is 11.7. The van der Waals surface area contributed by atoms with E-state index < -0.39 is 6.04 Å². The van der Waals surface area contributed by atoms with Crippen LogP contribution < -0.4 is 16.0 Å².